The third-order valence-corrected chi connectivity index (χ3v) is 6.83. The van der Waals surface area contributed by atoms with Crippen LogP contribution in [0.25, 0.3) is 0 Å². The van der Waals surface area contributed by atoms with Gasteiger partial charge in [0.25, 0.3) is 0 Å². The minimum absolute atomic E-state index is 0.204. The van der Waals surface area contributed by atoms with Gasteiger partial charge >= 0.3 is 0 Å². The van der Waals surface area contributed by atoms with Crippen molar-refractivity contribution in [3.63, 3.8) is 0 Å². The number of nitriles is 1. The predicted octanol–water partition coefficient (Wildman–Crippen LogP) is 0.665. The van der Waals surface area contributed by atoms with E-state index < -0.39 is 10.0 Å². The molecule has 0 spiro atoms. The summed E-state index contributed by atoms with van der Waals surface area (Å²) in [5.74, 6) is 0.889. The highest BCUT2D eigenvalue weighted by Gasteiger charge is 2.31. The molecule has 0 atom stereocenters. The quantitative estimate of drug-likeness (QED) is 0.768. The van der Waals surface area contributed by atoms with E-state index in [4.69, 9.17) is 14.7 Å². The van der Waals surface area contributed by atoms with Crippen molar-refractivity contribution in [1.82, 2.24) is 4.31 Å². The predicted molar refractivity (Wildman–Crippen MR) is 104 cm³/mol. The molecule has 1 heterocycles. The monoisotopic (exact) mass is 402 g/mol. The topological polar surface area (TPSA) is 84.1 Å². The maximum atomic E-state index is 13.0. The number of hydrogen-bond acceptors (Lipinski definition) is 5. The number of nitrogens with zero attached hydrogens (tertiary/aromatic N) is 2. The Bertz CT molecular complexity index is 977. The van der Waals surface area contributed by atoms with Crippen molar-refractivity contribution in [2.24, 2.45) is 0 Å². The van der Waals surface area contributed by atoms with Crippen LogP contribution in [-0.2, 0) is 16.6 Å². The highest BCUT2D eigenvalue weighted by atomic mass is 32.2. The Kier molecular flexibility index (Phi) is 6.19. The number of rotatable bonds is 6. The zero-order chi connectivity index (χ0) is 20.1. The molecular weight excluding hydrogens is 378 g/mol. The van der Waals surface area contributed by atoms with Crippen molar-refractivity contribution < 1.29 is 22.8 Å². The summed E-state index contributed by atoms with van der Waals surface area (Å²) in [7, 11) is -0.587. The number of methoxy groups -OCH3 is 2. The summed E-state index contributed by atoms with van der Waals surface area (Å²) in [5, 5.41) is 9.02. The zero-order valence-corrected chi connectivity index (χ0v) is 16.8. The minimum atomic E-state index is -3.59. The van der Waals surface area contributed by atoms with Gasteiger partial charge in [0.2, 0.25) is 10.0 Å². The summed E-state index contributed by atoms with van der Waals surface area (Å²) in [6.45, 7) is 3.10. The second-order valence-electron chi connectivity index (χ2n) is 6.66. The fraction of sp³-hybridized carbons (Fsp3) is 0.350. The molecule has 1 N–H and O–H groups in total. The molecule has 0 amide bonds. The van der Waals surface area contributed by atoms with E-state index in [0.717, 1.165) is 12.1 Å². The molecule has 1 saturated heterocycles. The first-order chi connectivity index (χ1) is 13.5. The molecule has 28 heavy (non-hydrogen) atoms. The van der Waals surface area contributed by atoms with Crippen LogP contribution in [0.5, 0.6) is 11.5 Å². The van der Waals surface area contributed by atoms with Gasteiger partial charge in [0, 0.05) is 11.6 Å². The van der Waals surface area contributed by atoms with Gasteiger partial charge in [-0.1, -0.05) is 12.1 Å². The second-order valence-corrected chi connectivity index (χ2v) is 8.60. The summed E-state index contributed by atoms with van der Waals surface area (Å²) in [6.07, 6.45) is 0. The van der Waals surface area contributed by atoms with Crippen LogP contribution in [-0.4, -0.2) is 53.1 Å². The fourth-order valence-corrected chi connectivity index (χ4v) is 4.84. The second kappa shape index (κ2) is 8.61. The lowest BCUT2D eigenvalue weighted by atomic mass is 10.1. The number of benzene rings is 2. The number of sulfonamides is 1. The van der Waals surface area contributed by atoms with Crippen molar-refractivity contribution in [3.8, 4) is 17.6 Å². The van der Waals surface area contributed by atoms with Gasteiger partial charge in [0.05, 0.1) is 56.9 Å². The van der Waals surface area contributed by atoms with E-state index in [2.05, 4.69) is 6.07 Å². The zero-order valence-electron chi connectivity index (χ0n) is 16.0. The number of nitrogens with one attached hydrogen (secondary N) is 1. The Balaban J connectivity index is 1.67. The SMILES string of the molecule is COc1ccc(S(=O)(=O)N2CC[NH+](Cc3cccc(C#N)c3)CC2)cc1OC. The standard InChI is InChI=1S/C20H23N3O4S/c1-26-19-7-6-18(13-20(19)27-2)28(24,25)23-10-8-22(9-11-23)15-17-5-3-4-16(12-17)14-21/h3-7,12-13H,8-11,15H2,1-2H3/p+1. The molecule has 0 bridgehead atoms. The first kappa shape index (κ1) is 20.1. The van der Waals surface area contributed by atoms with Crippen molar-refractivity contribution in [1.29, 1.82) is 5.26 Å². The molecule has 1 fully saturated rings. The molecule has 2 aromatic carbocycles. The van der Waals surface area contributed by atoms with Gasteiger partial charge in [-0.25, -0.2) is 8.42 Å². The highest BCUT2D eigenvalue weighted by molar-refractivity contribution is 7.89. The van der Waals surface area contributed by atoms with Crippen LogP contribution < -0.4 is 14.4 Å². The summed E-state index contributed by atoms with van der Waals surface area (Å²) in [6, 6.07) is 14.4. The molecule has 1 aliphatic heterocycles. The Morgan fingerprint density at radius 3 is 2.43 bits per heavy atom. The number of quaternary nitrogens is 1. The van der Waals surface area contributed by atoms with E-state index in [1.165, 1.54) is 29.5 Å². The lowest BCUT2D eigenvalue weighted by Gasteiger charge is -2.31. The molecule has 0 radical (unpaired) electrons. The third-order valence-electron chi connectivity index (χ3n) is 4.93. The normalized spacial score (nSPS) is 15.8. The number of hydrogen-bond donors (Lipinski definition) is 1. The van der Waals surface area contributed by atoms with Crippen LogP contribution in [0.1, 0.15) is 11.1 Å². The molecule has 3 rings (SSSR count). The van der Waals surface area contributed by atoms with Gasteiger partial charge in [-0.2, -0.15) is 9.57 Å². The maximum Gasteiger partial charge on any atom is 0.243 e. The van der Waals surface area contributed by atoms with Gasteiger partial charge < -0.3 is 14.4 Å². The van der Waals surface area contributed by atoms with E-state index in [1.54, 1.807) is 18.2 Å². The molecular formula is C20H24N3O4S+. The van der Waals surface area contributed by atoms with E-state index in [1.807, 2.05) is 18.2 Å². The third kappa shape index (κ3) is 4.28. The van der Waals surface area contributed by atoms with Gasteiger partial charge in [-0.3, -0.25) is 0 Å². The molecule has 0 unspecified atom stereocenters. The molecule has 1 aliphatic rings. The van der Waals surface area contributed by atoms with E-state index >= 15 is 0 Å². The number of piperazine rings is 1. The van der Waals surface area contributed by atoms with Gasteiger partial charge in [0.1, 0.15) is 6.54 Å². The van der Waals surface area contributed by atoms with E-state index in [9.17, 15) is 8.42 Å². The summed E-state index contributed by atoms with van der Waals surface area (Å²) >= 11 is 0. The maximum absolute atomic E-state index is 13.0. The average molecular weight is 402 g/mol. The van der Waals surface area contributed by atoms with Crippen LogP contribution in [0.2, 0.25) is 0 Å². The smallest absolute Gasteiger partial charge is 0.243 e. The van der Waals surface area contributed by atoms with Crippen molar-refractivity contribution in [3.05, 3.63) is 53.6 Å². The molecule has 148 valence electrons. The summed E-state index contributed by atoms with van der Waals surface area (Å²) < 4.78 is 37.9. The first-order valence-electron chi connectivity index (χ1n) is 9.02. The van der Waals surface area contributed by atoms with Gasteiger partial charge in [-0.15, -0.1) is 0 Å². The van der Waals surface area contributed by atoms with Crippen LogP contribution in [0.15, 0.2) is 47.4 Å². The van der Waals surface area contributed by atoms with Crippen LogP contribution in [0, 0.1) is 11.3 Å². The Hall–Kier alpha value is -2.60. The summed E-state index contributed by atoms with van der Waals surface area (Å²) in [5.41, 5.74) is 1.73. The molecule has 7 nitrogen and oxygen atoms in total. The molecule has 0 saturated carbocycles. The fourth-order valence-electron chi connectivity index (χ4n) is 3.39. The Morgan fingerprint density at radius 1 is 1.07 bits per heavy atom. The lowest BCUT2D eigenvalue weighted by Crippen LogP contribution is -3.13. The van der Waals surface area contributed by atoms with Gasteiger partial charge in [0.15, 0.2) is 11.5 Å². The van der Waals surface area contributed by atoms with Crippen molar-refractivity contribution in [2.45, 2.75) is 11.4 Å². The van der Waals surface area contributed by atoms with Crippen LogP contribution >= 0.6 is 0 Å². The van der Waals surface area contributed by atoms with Crippen LogP contribution in [0.3, 0.4) is 0 Å². The first-order valence-corrected chi connectivity index (χ1v) is 10.5. The molecule has 8 heteroatoms. The van der Waals surface area contributed by atoms with Crippen molar-refractivity contribution in [2.75, 3.05) is 40.4 Å². The Morgan fingerprint density at radius 2 is 1.79 bits per heavy atom. The Labute approximate surface area is 165 Å². The van der Waals surface area contributed by atoms with E-state index in [-0.39, 0.29) is 4.90 Å². The molecule has 0 aliphatic carbocycles. The minimum Gasteiger partial charge on any atom is -0.493 e. The van der Waals surface area contributed by atoms with Crippen LogP contribution in [0.4, 0.5) is 0 Å². The largest absolute Gasteiger partial charge is 0.493 e. The lowest BCUT2D eigenvalue weighted by molar-refractivity contribution is -0.917. The highest BCUT2D eigenvalue weighted by Crippen LogP contribution is 2.30. The summed E-state index contributed by atoms with van der Waals surface area (Å²) in [4.78, 5) is 1.50. The van der Waals surface area contributed by atoms with Crippen molar-refractivity contribution >= 4 is 10.0 Å². The van der Waals surface area contributed by atoms with E-state index in [0.29, 0.717) is 43.2 Å². The molecule has 2 aromatic rings. The number of ether oxygens (including phenoxy) is 2. The average Bonchev–Trinajstić information content (AvgIpc) is 2.73. The molecule has 0 aromatic heterocycles. The van der Waals surface area contributed by atoms with Gasteiger partial charge in [-0.05, 0) is 24.3 Å².